The molecule has 1 fully saturated rings. The molecule has 0 radical (unpaired) electrons. The van der Waals surface area contributed by atoms with Gasteiger partial charge in [-0.15, -0.1) is 0 Å². The van der Waals surface area contributed by atoms with E-state index in [1.165, 1.54) is 13.1 Å². The molecule has 1 unspecified atom stereocenters. The zero-order valence-corrected chi connectivity index (χ0v) is 18.4. The van der Waals surface area contributed by atoms with Crippen LogP contribution in [0, 0.1) is 0 Å². The Balaban J connectivity index is 1.44. The van der Waals surface area contributed by atoms with Crippen LogP contribution in [-0.2, 0) is 10.0 Å². The van der Waals surface area contributed by atoms with E-state index >= 15 is 0 Å². The third-order valence-corrected chi connectivity index (χ3v) is 7.75. The molecule has 1 saturated carbocycles. The van der Waals surface area contributed by atoms with Crippen LogP contribution >= 0.6 is 0 Å². The summed E-state index contributed by atoms with van der Waals surface area (Å²) < 4.78 is 33.2. The Bertz CT molecular complexity index is 1300. The van der Waals surface area contributed by atoms with Crippen LogP contribution < -0.4 is 20.1 Å². The van der Waals surface area contributed by atoms with E-state index in [9.17, 15) is 13.2 Å². The fourth-order valence-corrected chi connectivity index (χ4v) is 5.25. The summed E-state index contributed by atoms with van der Waals surface area (Å²) in [5.41, 5.74) is 1.04. The topological polar surface area (TPSA) is 109 Å². The van der Waals surface area contributed by atoms with Crippen LogP contribution in [0.1, 0.15) is 37.3 Å². The van der Waals surface area contributed by atoms with Gasteiger partial charge in [0.25, 0.3) is 0 Å². The van der Waals surface area contributed by atoms with Crippen molar-refractivity contribution >= 4 is 32.5 Å². The molecular formula is C23H24N4O4S. The van der Waals surface area contributed by atoms with Gasteiger partial charge in [0.15, 0.2) is 0 Å². The standard InChI is InChI=1S/C23H24N4O4S/c1-24-32(29,30)16-6-7-21-18(12-16)20(13-23(31-21)9-3-10-23)27-22(28)26-19-5-2-4-15-14-25-11-8-17(15)19/h2,4-8,11-12,14,20,24H,3,9-10,13H2,1H3,(H2,26,27,28). The molecule has 8 nitrogen and oxygen atoms in total. The first-order valence-electron chi connectivity index (χ1n) is 10.6. The van der Waals surface area contributed by atoms with Gasteiger partial charge in [-0.3, -0.25) is 4.98 Å². The maximum Gasteiger partial charge on any atom is 0.319 e. The minimum absolute atomic E-state index is 0.140. The smallest absolute Gasteiger partial charge is 0.319 e. The third kappa shape index (κ3) is 3.67. The van der Waals surface area contributed by atoms with E-state index in [1.807, 2.05) is 24.3 Å². The number of pyridine rings is 1. The van der Waals surface area contributed by atoms with E-state index in [-0.39, 0.29) is 22.6 Å². The second-order valence-corrected chi connectivity index (χ2v) is 10.2. The van der Waals surface area contributed by atoms with Crippen LogP contribution in [0.3, 0.4) is 0 Å². The lowest BCUT2D eigenvalue weighted by Gasteiger charge is -2.48. The van der Waals surface area contributed by atoms with Crippen molar-refractivity contribution in [2.75, 3.05) is 12.4 Å². The lowest BCUT2D eigenvalue weighted by molar-refractivity contribution is -0.0355. The molecule has 32 heavy (non-hydrogen) atoms. The van der Waals surface area contributed by atoms with E-state index in [2.05, 4.69) is 20.3 Å². The minimum Gasteiger partial charge on any atom is -0.487 e. The van der Waals surface area contributed by atoms with Crippen molar-refractivity contribution in [3.63, 3.8) is 0 Å². The van der Waals surface area contributed by atoms with E-state index in [4.69, 9.17) is 4.74 Å². The van der Waals surface area contributed by atoms with Crippen molar-refractivity contribution in [2.45, 2.75) is 42.2 Å². The van der Waals surface area contributed by atoms with Crippen LogP contribution in [0.15, 0.2) is 59.8 Å². The Hall–Kier alpha value is -3.17. The van der Waals surface area contributed by atoms with Crippen LogP contribution in [0.5, 0.6) is 5.75 Å². The summed E-state index contributed by atoms with van der Waals surface area (Å²) in [6, 6.07) is 11.6. The lowest BCUT2D eigenvalue weighted by atomic mass is 9.73. The van der Waals surface area contributed by atoms with Crippen LogP contribution in [0.2, 0.25) is 0 Å². The molecule has 9 heteroatoms. The number of urea groups is 1. The van der Waals surface area contributed by atoms with Crippen molar-refractivity contribution in [1.82, 2.24) is 15.0 Å². The molecule has 2 aliphatic rings. The first kappa shape index (κ1) is 20.7. The fourth-order valence-electron chi connectivity index (χ4n) is 4.49. The number of amides is 2. The molecule has 0 saturated heterocycles. The number of benzene rings is 2. The van der Waals surface area contributed by atoms with Crippen LogP contribution in [0.4, 0.5) is 10.5 Å². The molecule has 2 aromatic carbocycles. The number of fused-ring (bicyclic) bond motifs is 2. The molecule has 3 aromatic rings. The normalized spacial score (nSPS) is 19.0. The molecule has 1 aromatic heterocycles. The predicted octanol–water partition coefficient (Wildman–Crippen LogP) is 3.71. The highest BCUT2D eigenvalue weighted by Gasteiger charge is 2.46. The zero-order valence-electron chi connectivity index (χ0n) is 17.6. The van der Waals surface area contributed by atoms with Gasteiger partial charge in [-0.05, 0) is 56.6 Å². The van der Waals surface area contributed by atoms with E-state index in [1.54, 1.807) is 24.5 Å². The van der Waals surface area contributed by atoms with Gasteiger partial charge in [-0.1, -0.05) is 12.1 Å². The quantitative estimate of drug-likeness (QED) is 0.559. The minimum atomic E-state index is -3.62. The lowest BCUT2D eigenvalue weighted by Crippen LogP contribution is -2.50. The number of ether oxygens (including phenoxy) is 1. The zero-order chi connectivity index (χ0) is 22.3. The average Bonchev–Trinajstić information content (AvgIpc) is 2.78. The molecule has 2 heterocycles. The van der Waals surface area contributed by atoms with Gasteiger partial charge in [-0.2, -0.15) is 0 Å². The number of carbonyl (C=O) groups is 1. The molecule has 3 N–H and O–H groups in total. The molecule has 2 amide bonds. The van der Waals surface area contributed by atoms with Crippen molar-refractivity contribution in [1.29, 1.82) is 0 Å². The Kier molecular flexibility index (Phi) is 5.02. The Morgan fingerprint density at radius 1 is 1.19 bits per heavy atom. The van der Waals surface area contributed by atoms with Crippen molar-refractivity contribution in [3.8, 4) is 5.75 Å². The number of carbonyl (C=O) groups excluding carboxylic acids is 1. The van der Waals surface area contributed by atoms with E-state index in [0.29, 0.717) is 23.4 Å². The molecule has 166 valence electrons. The number of sulfonamides is 1. The summed E-state index contributed by atoms with van der Waals surface area (Å²) in [6.45, 7) is 0. The van der Waals surface area contributed by atoms with Crippen LogP contribution in [0.25, 0.3) is 10.8 Å². The van der Waals surface area contributed by atoms with Gasteiger partial charge >= 0.3 is 6.03 Å². The van der Waals surface area contributed by atoms with Gasteiger partial charge in [0.05, 0.1) is 16.6 Å². The second kappa shape index (κ2) is 7.75. The average molecular weight is 453 g/mol. The summed E-state index contributed by atoms with van der Waals surface area (Å²) in [5.74, 6) is 0.618. The highest BCUT2D eigenvalue weighted by Crippen LogP contribution is 2.49. The van der Waals surface area contributed by atoms with Gasteiger partial charge < -0.3 is 15.4 Å². The van der Waals surface area contributed by atoms with Crippen molar-refractivity contribution in [2.24, 2.45) is 0 Å². The SMILES string of the molecule is CNS(=O)(=O)c1ccc2c(c1)C(NC(=O)Nc1cccc3cnccc13)CC1(CCC1)O2. The van der Waals surface area contributed by atoms with Gasteiger partial charge in [0, 0.05) is 35.2 Å². The predicted molar refractivity (Wildman–Crippen MR) is 121 cm³/mol. The van der Waals surface area contributed by atoms with Crippen LogP contribution in [-0.4, -0.2) is 32.1 Å². The van der Waals surface area contributed by atoms with Gasteiger partial charge in [0.2, 0.25) is 10.0 Å². The summed E-state index contributed by atoms with van der Waals surface area (Å²) in [6.07, 6.45) is 6.93. The number of nitrogens with one attached hydrogen (secondary N) is 3. The maximum absolute atomic E-state index is 13.0. The molecule has 1 spiro atoms. The number of aromatic nitrogens is 1. The molecule has 0 bridgehead atoms. The van der Waals surface area contributed by atoms with Crippen molar-refractivity contribution in [3.05, 3.63) is 60.4 Å². The largest absolute Gasteiger partial charge is 0.487 e. The highest BCUT2D eigenvalue weighted by atomic mass is 32.2. The second-order valence-electron chi connectivity index (χ2n) is 8.30. The number of nitrogens with zero attached hydrogens (tertiary/aromatic N) is 1. The number of anilines is 1. The monoisotopic (exact) mass is 452 g/mol. The van der Waals surface area contributed by atoms with Gasteiger partial charge in [-0.25, -0.2) is 17.9 Å². The fraction of sp³-hybridized carbons (Fsp3) is 0.304. The molecular weight excluding hydrogens is 428 g/mol. The summed E-state index contributed by atoms with van der Waals surface area (Å²) in [5, 5.41) is 7.80. The molecule has 1 aliphatic carbocycles. The van der Waals surface area contributed by atoms with E-state index in [0.717, 1.165) is 30.0 Å². The van der Waals surface area contributed by atoms with Crippen molar-refractivity contribution < 1.29 is 17.9 Å². The summed E-state index contributed by atoms with van der Waals surface area (Å²) in [4.78, 5) is 17.2. The molecule has 1 aliphatic heterocycles. The Labute approximate surface area is 186 Å². The first-order chi connectivity index (χ1) is 15.4. The van der Waals surface area contributed by atoms with Gasteiger partial charge in [0.1, 0.15) is 11.4 Å². The number of rotatable bonds is 4. The first-order valence-corrected chi connectivity index (χ1v) is 12.0. The Morgan fingerprint density at radius 3 is 2.78 bits per heavy atom. The summed E-state index contributed by atoms with van der Waals surface area (Å²) in [7, 11) is -2.24. The highest BCUT2D eigenvalue weighted by molar-refractivity contribution is 7.89. The summed E-state index contributed by atoms with van der Waals surface area (Å²) >= 11 is 0. The number of hydrogen-bond donors (Lipinski definition) is 3. The molecule has 1 atom stereocenters. The maximum atomic E-state index is 13.0. The number of hydrogen-bond acceptors (Lipinski definition) is 5. The Morgan fingerprint density at radius 2 is 2.03 bits per heavy atom. The van der Waals surface area contributed by atoms with E-state index < -0.39 is 10.0 Å². The third-order valence-electron chi connectivity index (χ3n) is 6.34. The molecule has 5 rings (SSSR count).